The summed E-state index contributed by atoms with van der Waals surface area (Å²) in [6, 6.07) is 2.87. The highest BCUT2D eigenvalue weighted by Gasteiger charge is 2.35. The minimum atomic E-state index is -3.21. The Morgan fingerprint density at radius 2 is 1.81 bits per heavy atom. The van der Waals surface area contributed by atoms with E-state index < -0.39 is 21.6 Å². The number of halogens is 1. The van der Waals surface area contributed by atoms with Gasteiger partial charge in [0.2, 0.25) is 0 Å². The summed E-state index contributed by atoms with van der Waals surface area (Å²) < 4.78 is 43.2. The lowest BCUT2D eigenvalue weighted by atomic mass is 9.67. The van der Waals surface area contributed by atoms with Crippen LogP contribution in [0.4, 0.5) is 4.39 Å². The van der Waals surface area contributed by atoms with Gasteiger partial charge in [0.15, 0.2) is 0 Å². The average Bonchev–Trinajstić information content (AvgIpc) is 3.62. The molecule has 3 unspecified atom stereocenters. The van der Waals surface area contributed by atoms with Crippen LogP contribution in [0.25, 0.3) is 0 Å². The van der Waals surface area contributed by atoms with Crippen LogP contribution in [-0.4, -0.2) is 22.0 Å². The van der Waals surface area contributed by atoms with Gasteiger partial charge in [-0.05, 0) is 93.1 Å². The first-order chi connectivity index (χ1) is 15.4. The Morgan fingerprint density at radius 1 is 1.09 bits per heavy atom. The zero-order valence-electron chi connectivity index (χ0n) is 18.7. The number of carbonyl (C=O) groups is 1. The molecule has 2 N–H and O–H groups in total. The lowest BCUT2D eigenvalue weighted by Gasteiger charge is -2.39. The fourth-order valence-electron chi connectivity index (χ4n) is 5.92. The molecular weight excluding hydrogens is 427 g/mol. The predicted molar refractivity (Wildman–Crippen MR) is 123 cm³/mol. The highest BCUT2D eigenvalue weighted by molar-refractivity contribution is 7.92. The maximum absolute atomic E-state index is 14.8. The Morgan fingerprint density at radius 3 is 2.47 bits per heavy atom. The van der Waals surface area contributed by atoms with E-state index in [1.54, 1.807) is 6.07 Å². The van der Waals surface area contributed by atoms with Gasteiger partial charge in [-0.25, -0.2) is 13.4 Å². The third-order valence-electron chi connectivity index (χ3n) is 7.84. The number of hydrogen-bond acceptors (Lipinski definition) is 4. The van der Waals surface area contributed by atoms with Gasteiger partial charge in [-0.2, -0.15) is 0 Å². The smallest absolute Gasteiger partial charge is 0.266 e. The van der Waals surface area contributed by atoms with E-state index in [1.807, 2.05) is 0 Å². The van der Waals surface area contributed by atoms with Gasteiger partial charge in [-0.3, -0.25) is 9.52 Å². The molecule has 5 nitrogen and oxygen atoms in total. The van der Waals surface area contributed by atoms with Crippen LogP contribution in [0.15, 0.2) is 12.1 Å². The van der Waals surface area contributed by atoms with E-state index in [0.29, 0.717) is 31.1 Å². The third-order valence-corrected chi connectivity index (χ3v) is 9.74. The van der Waals surface area contributed by atoms with Gasteiger partial charge < -0.3 is 4.74 Å². The minimum absolute atomic E-state index is 0.131. The zero-order chi connectivity index (χ0) is 22.3. The quantitative estimate of drug-likeness (QED) is 0.446. The number of nitrogens with one attached hydrogen (secondary N) is 2. The van der Waals surface area contributed by atoms with E-state index >= 15 is 0 Å². The SMILES string of the molecule is N=S(=O)(NC(=O)c1cc(C2CC2)c(OCCCC2CC3CCC[C@@H](C2)C3)cc1F)C1CC1. The van der Waals surface area contributed by atoms with Crippen molar-refractivity contribution in [3.05, 3.63) is 29.1 Å². The molecule has 1 aromatic carbocycles. The van der Waals surface area contributed by atoms with Crippen molar-refractivity contribution in [1.29, 1.82) is 4.78 Å². The lowest BCUT2D eigenvalue weighted by Crippen LogP contribution is -2.32. The molecule has 32 heavy (non-hydrogen) atoms. The molecule has 0 heterocycles. The molecule has 1 amide bonds. The highest BCUT2D eigenvalue weighted by Crippen LogP contribution is 2.46. The van der Waals surface area contributed by atoms with Gasteiger partial charge in [0, 0.05) is 6.07 Å². The van der Waals surface area contributed by atoms with Crippen molar-refractivity contribution in [2.45, 2.75) is 88.2 Å². The van der Waals surface area contributed by atoms with Gasteiger partial charge >= 0.3 is 0 Å². The second-order valence-electron chi connectivity index (χ2n) is 10.6. The highest BCUT2D eigenvalue weighted by atomic mass is 32.2. The fraction of sp³-hybridized carbons (Fsp3) is 0.720. The number of carbonyl (C=O) groups excluding carboxylic acids is 1. The number of hydrogen-bond donors (Lipinski definition) is 2. The summed E-state index contributed by atoms with van der Waals surface area (Å²) in [6.45, 7) is 0.568. The maximum atomic E-state index is 14.8. The number of rotatable bonds is 9. The van der Waals surface area contributed by atoms with Crippen LogP contribution in [0, 0.1) is 28.4 Å². The molecule has 4 saturated carbocycles. The van der Waals surface area contributed by atoms with Gasteiger partial charge in [0.1, 0.15) is 21.5 Å². The summed E-state index contributed by atoms with van der Waals surface area (Å²) in [6.07, 6.45) is 13.9. The van der Waals surface area contributed by atoms with Crippen molar-refractivity contribution in [2.24, 2.45) is 17.8 Å². The minimum Gasteiger partial charge on any atom is -0.493 e. The van der Waals surface area contributed by atoms with Crippen LogP contribution in [0.2, 0.25) is 0 Å². The van der Waals surface area contributed by atoms with Crippen LogP contribution in [0.3, 0.4) is 0 Å². The van der Waals surface area contributed by atoms with Gasteiger partial charge in [-0.1, -0.05) is 19.3 Å². The van der Waals surface area contributed by atoms with Crippen molar-refractivity contribution in [2.75, 3.05) is 6.61 Å². The summed E-state index contributed by atoms with van der Waals surface area (Å²) in [7, 11) is -3.21. The number of amides is 1. The molecule has 4 atom stereocenters. The van der Waals surface area contributed by atoms with Crippen molar-refractivity contribution in [3.8, 4) is 5.75 Å². The molecule has 4 aliphatic rings. The fourth-order valence-corrected chi connectivity index (χ4v) is 7.27. The molecular formula is C25H35FN2O3S. The van der Waals surface area contributed by atoms with Crippen molar-refractivity contribution >= 4 is 15.8 Å². The number of benzene rings is 1. The van der Waals surface area contributed by atoms with Gasteiger partial charge in [0.25, 0.3) is 5.91 Å². The van der Waals surface area contributed by atoms with Crippen molar-refractivity contribution < 1.29 is 18.1 Å². The van der Waals surface area contributed by atoms with E-state index in [1.165, 1.54) is 51.0 Å². The summed E-state index contributed by atoms with van der Waals surface area (Å²) in [4.78, 5) is 12.5. The van der Waals surface area contributed by atoms with Gasteiger partial charge in [0.05, 0.1) is 17.4 Å². The largest absolute Gasteiger partial charge is 0.493 e. The molecule has 176 valence electrons. The molecule has 4 fully saturated rings. The van der Waals surface area contributed by atoms with Gasteiger partial charge in [-0.15, -0.1) is 0 Å². The molecule has 0 radical (unpaired) electrons. The van der Waals surface area contributed by atoms with E-state index in [2.05, 4.69) is 4.72 Å². The third kappa shape index (κ3) is 5.13. The Bertz CT molecular complexity index is 960. The van der Waals surface area contributed by atoms with Crippen LogP contribution >= 0.6 is 0 Å². The summed E-state index contributed by atoms with van der Waals surface area (Å²) in [5, 5.41) is -0.302. The maximum Gasteiger partial charge on any atom is 0.266 e. The first-order valence-electron chi connectivity index (χ1n) is 12.4. The number of fused-ring (bicyclic) bond motifs is 2. The molecule has 0 aliphatic heterocycles. The number of ether oxygens (including phenoxy) is 1. The van der Waals surface area contributed by atoms with Crippen molar-refractivity contribution in [3.63, 3.8) is 0 Å². The lowest BCUT2D eigenvalue weighted by molar-refractivity contribution is 0.0978. The predicted octanol–water partition coefficient (Wildman–Crippen LogP) is 5.93. The molecule has 0 saturated heterocycles. The first kappa shape index (κ1) is 22.2. The standard InChI is InChI=1S/C25H35FN2O3S/c26-23-15-24(31-10-2-5-18-12-16-3-1-4-17(11-16)13-18)21(19-6-7-19)14-22(23)25(29)28-32(27,30)20-8-9-20/h14-20H,1-13H2,(H2,27,28,29,30)/t16-,17?,18?,32?/m1/s1. The Labute approximate surface area is 191 Å². The second-order valence-corrected chi connectivity index (χ2v) is 12.7. The first-order valence-corrected chi connectivity index (χ1v) is 14.1. The van der Waals surface area contributed by atoms with Crippen LogP contribution in [-0.2, 0) is 9.92 Å². The van der Waals surface area contributed by atoms with E-state index in [9.17, 15) is 13.4 Å². The van der Waals surface area contributed by atoms with Crippen LogP contribution < -0.4 is 9.46 Å². The van der Waals surface area contributed by atoms with E-state index in [0.717, 1.165) is 42.6 Å². The average molecular weight is 463 g/mol. The van der Waals surface area contributed by atoms with Crippen molar-refractivity contribution in [1.82, 2.24) is 4.72 Å². The van der Waals surface area contributed by atoms with E-state index in [-0.39, 0.29) is 10.8 Å². The second kappa shape index (κ2) is 8.96. The molecule has 5 rings (SSSR count). The Kier molecular flexibility index (Phi) is 6.21. The molecule has 0 aromatic heterocycles. The monoisotopic (exact) mass is 462 g/mol. The van der Waals surface area contributed by atoms with Crippen LogP contribution in [0.5, 0.6) is 5.75 Å². The van der Waals surface area contributed by atoms with E-state index in [4.69, 9.17) is 9.52 Å². The summed E-state index contributed by atoms with van der Waals surface area (Å²) in [5.41, 5.74) is 0.736. The topological polar surface area (TPSA) is 79.3 Å². The Balaban J connectivity index is 1.19. The Hall–Kier alpha value is -1.63. The molecule has 0 spiro atoms. The zero-order valence-corrected chi connectivity index (χ0v) is 19.6. The summed E-state index contributed by atoms with van der Waals surface area (Å²) >= 11 is 0. The molecule has 1 aromatic rings. The normalized spacial score (nSPS) is 29.2. The summed E-state index contributed by atoms with van der Waals surface area (Å²) in [5.74, 6) is 2.06. The molecule has 7 heteroatoms. The van der Waals surface area contributed by atoms with Crippen LogP contribution in [0.1, 0.15) is 98.9 Å². The molecule has 4 aliphatic carbocycles. The molecule has 2 bridgehead atoms.